The van der Waals surface area contributed by atoms with Gasteiger partial charge in [0, 0.05) is 49.5 Å². The van der Waals surface area contributed by atoms with Crippen LogP contribution in [0.5, 0.6) is 0 Å². The lowest BCUT2D eigenvalue weighted by molar-refractivity contribution is 0.207. The molecule has 36 heavy (non-hydrogen) atoms. The maximum atomic E-state index is 4.99. The highest BCUT2D eigenvalue weighted by molar-refractivity contribution is 5.70. The highest BCUT2D eigenvalue weighted by atomic mass is 15.3. The minimum Gasteiger partial charge on any atom is -0.367 e. The van der Waals surface area contributed by atoms with E-state index in [0.717, 1.165) is 82.9 Å². The zero-order valence-corrected chi connectivity index (χ0v) is 22.1. The summed E-state index contributed by atoms with van der Waals surface area (Å²) in [6.07, 6.45) is 15.2. The molecule has 1 aliphatic rings. The van der Waals surface area contributed by atoms with Gasteiger partial charge in [0.2, 0.25) is 0 Å². The summed E-state index contributed by atoms with van der Waals surface area (Å²) in [6, 6.07) is 2.18. The van der Waals surface area contributed by atoms with Gasteiger partial charge in [0.1, 0.15) is 11.4 Å². The molecular weight excluding hydrogens is 446 g/mol. The number of aromatic amines is 2. The van der Waals surface area contributed by atoms with E-state index in [9.17, 15) is 0 Å². The average molecular weight is 484 g/mol. The molecule has 7 nitrogen and oxygen atoms in total. The molecule has 4 heterocycles. The van der Waals surface area contributed by atoms with Crippen LogP contribution in [-0.4, -0.2) is 68.2 Å². The minimum atomic E-state index is 0.726. The molecule has 3 aromatic rings. The highest BCUT2D eigenvalue weighted by Gasteiger charge is 2.22. The number of aromatic nitrogens is 5. The summed E-state index contributed by atoms with van der Waals surface area (Å²) in [4.78, 5) is 17.6. The van der Waals surface area contributed by atoms with Crippen LogP contribution >= 0.6 is 0 Å². The molecule has 188 valence electrons. The third-order valence-electron chi connectivity index (χ3n) is 6.70. The zero-order valence-electron chi connectivity index (χ0n) is 22.1. The first-order valence-corrected chi connectivity index (χ1v) is 12.6. The van der Waals surface area contributed by atoms with Crippen LogP contribution < -0.4 is 10.6 Å². The van der Waals surface area contributed by atoms with Crippen LogP contribution in [-0.2, 0) is 6.42 Å². The molecule has 1 fully saturated rings. The summed E-state index contributed by atoms with van der Waals surface area (Å²) < 4.78 is 0. The molecule has 3 aromatic heterocycles. The van der Waals surface area contributed by atoms with Gasteiger partial charge in [-0.05, 0) is 69.2 Å². The maximum absolute atomic E-state index is 4.99. The van der Waals surface area contributed by atoms with E-state index in [0.29, 0.717) is 0 Å². The van der Waals surface area contributed by atoms with Crippen molar-refractivity contribution < 1.29 is 0 Å². The fraction of sp³-hybridized carbons (Fsp3) is 0.345. The normalized spacial score (nSPS) is 16.5. The molecule has 0 aliphatic carbocycles. The van der Waals surface area contributed by atoms with E-state index in [1.807, 2.05) is 31.5 Å². The van der Waals surface area contributed by atoms with E-state index < -0.39 is 0 Å². The molecule has 1 aliphatic heterocycles. The molecule has 0 radical (unpaired) electrons. The molecule has 0 saturated carbocycles. The van der Waals surface area contributed by atoms with Crippen molar-refractivity contribution in [2.24, 2.45) is 0 Å². The Balaban J connectivity index is 1.64. The second-order valence-corrected chi connectivity index (χ2v) is 9.34. The van der Waals surface area contributed by atoms with Crippen molar-refractivity contribution in [2.45, 2.75) is 34.1 Å². The van der Waals surface area contributed by atoms with Crippen LogP contribution in [0.4, 0.5) is 0 Å². The number of imidazole rings is 1. The van der Waals surface area contributed by atoms with Crippen LogP contribution in [0.2, 0.25) is 0 Å². The van der Waals surface area contributed by atoms with Gasteiger partial charge in [-0.1, -0.05) is 31.7 Å². The summed E-state index contributed by atoms with van der Waals surface area (Å²) in [5, 5.41) is 9.37. The van der Waals surface area contributed by atoms with Gasteiger partial charge in [0.25, 0.3) is 0 Å². The molecule has 0 amide bonds. The van der Waals surface area contributed by atoms with Gasteiger partial charge < -0.3 is 14.8 Å². The van der Waals surface area contributed by atoms with Gasteiger partial charge in [0.05, 0.1) is 11.0 Å². The predicted octanol–water partition coefficient (Wildman–Crippen LogP) is 3.52. The average Bonchev–Trinajstić information content (AvgIpc) is 3.45. The summed E-state index contributed by atoms with van der Waals surface area (Å²) in [5.74, 6) is 0.726. The van der Waals surface area contributed by atoms with Crippen molar-refractivity contribution in [1.82, 2.24) is 34.9 Å². The number of allylic oxidation sites excluding steroid dienone is 5. The summed E-state index contributed by atoms with van der Waals surface area (Å²) in [7, 11) is 2.17. The highest BCUT2D eigenvalue weighted by Crippen LogP contribution is 2.24. The standard InChI is InChI=1S/C29H37N7/c1-7-9-10-26(36-15-13-35(6)14-16-36)28-22(5)31-29(32-28)27-21(4)25(33-34-27)12-11-20(3)24-17-23(8-2)18-30-19-24/h7,9-12,17-19,33H,4,8,13-16H2,1-3,5-6H3,(H,31,32)/b9-7-,20-11+,25-12+,26-10+. The number of H-pyrrole nitrogens is 2. The third kappa shape index (κ3) is 5.57. The van der Waals surface area contributed by atoms with Crippen LogP contribution in [0.3, 0.4) is 0 Å². The molecule has 4 rings (SSSR count). The predicted molar refractivity (Wildman–Crippen MR) is 149 cm³/mol. The zero-order chi connectivity index (χ0) is 25.7. The molecule has 0 aromatic carbocycles. The number of aryl methyl sites for hydroxylation is 2. The molecule has 0 spiro atoms. The summed E-state index contributed by atoms with van der Waals surface area (Å²) in [6.45, 7) is 16.7. The monoisotopic (exact) mass is 483 g/mol. The SMILES string of the molecule is C=c1c(-c2nc(/C(=C\C=C/C)N3CCN(C)CC3)c(C)[nH]2)n[nH]/c1=C/C=C(\C)c1cncc(CC)c1. The van der Waals surface area contributed by atoms with E-state index in [1.54, 1.807) is 0 Å². The first-order valence-electron chi connectivity index (χ1n) is 12.6. The van der Waals surface area contributed by atoms with E-state index >= 15 is 0 Å². The molecule has 0 bridgehead atoms. The van der Waals surface area contributed by atoms with Gasteiger partial charge >= 0.3 is 0 Å². The number of piperazine rings is 1. The second kappa shape index (κ2) is 11.4. The molecule has 7 heteroatoms. The topological polar surface area (TPSA) is 76.7 Å². The lowest BCUT2D eigenvalue weighted by Crippen LogP contribution is -2.43. The van der Waals surface area contributed by atoms with Crippen molar-refractivity contribution in [3.63, 3.8) is 0 Å². The number of pyridine rings is 1. The molecule has 1 saturated heterocycles. The lowest BCUT2D eigenvalue weighted by atomic mass is 10.1. The smallest absolute Gasteiger partial charge is 0.159 e. The van der Waals surface area contributed by atoms with Crippen LogP contribution in [0.25, 0.3) is 35.4 Å². The van der Waals surface area contributed by atoms with Gasteiger partial charge in [-0.2, -0.15) is 5.10 Å². The van der Waals surface area contributed by atoms with Crippen molar-refractivity contribution in [3.05, 3.63) is 75.8 Å². The van der Waals surface area contributed by atoms with Crippen LogP contribution in [0.1, 0.15) is 43.3 Å². The number of hydrogen-bond donors (Lipinski definition) is 2. The maximum Gasteiger partial charge on any atom is 0.159 e. The Bertz CT molecular complexity index is 1400. The number of nitrogens with one attached hydrogen (secondary N) is 2. The number of nitrogens with zero attached hydrogens (tertiary/aromatic N) is 5. The fourth-order valence-corrected chi connectivity index (χ4v) is 4.30. The number of likely N-dealkylation sites (N-methyl/N-ethyl adjacent to an activating group) is 1. The van der Waals surface area contributed by atoms with E-state index in [-0.39, 0.29) is 0 Å². The van der Waals surface area contributed by atoms with E-state index in [2.05, 4.69) is 88.7 Å². The van der Waals surface area contributed by atoms with Crippen molar-refractivity contribution in [3.8, 4) is 11.5 Å². The quantitative estimate of drug-likeness (QED) is 0.503. The molecule has 0 atom stereocenters. The Labute approximate surface area is 213 Å². The molecule has 0 unspecified atom stereocenters. The Morgan fingerprint density at radius 1 is 1.17 bits per heavy atom. The van der Waals surface area contributed by atoms with E-state index in [1.165, 1.54) is 5.56 Å². The lowest BCUT2D eigenvalue weighted by Gasteiger charge is -2.35. The molecular formula is C29H37N7. The Kier molecular flexibility index (Phi) is 8.00. The number of hydrogen-bond acceptors (Lipinski definition) is 5. The first-order chi connectivity index (χ1) is 17.4. The van der Waals surface area contributed by atoms with Gasteiger partial charge in [0.15, 0.2) is 5.82 Å². The van der Waals surface area contributed by atoms with Crippen molar-refractivity contribution >= 4 is 23.9 Å². The largest absolute Gasteiger partial charge is 0.367 e. The Morgan fingerprint density at radius 3 is 2.67 bits per heavy atom. The van der Waals surface area contributed by atoms with Gasteiger partial charge in [-0.25, -0.2) is 4.98 Å². The minimum absolute atomic E-state index is 0.726. The van der Waals surface area contributed by atoms with E-state index in [4.69, 9.17) is 4.98 Å². The first kappa shape index (κ1) is 25.4. The van der Waals surface area contributed by atoms with Crippen LogP contribution in [0.15, 0.2) is 42.8 Å². The fourth-order valence-electron chi connectivity index (χ4n) is 4.30. The van der Waals surface area contributed by atoms with Crippen molar-refractivity contribution in [1.29, 1.82) is 0 Å². The van der Waals surface area contributed by atoms with Gasteiger partial charge in [-0.15, -0.1) is 0 Å². The summed E-state index contributed by atoms with van der Waals surface area (Å²) >= 11 is 0. The Morgan fingerprint density at radius 2 is 1.94 bits per heavy atom. The summed E-state index contributed by atoms with van der Waals surface area (Å²) in [5.41, 5.74) is 7.33. The number of rotatable bonds is 7. The second-order valence-electron chi connectivity index (χ2n) is 9.34. The third-order valence-corrected chi connectivity index (χ3v) is 6.70. The molecule has 2 N–H and O–H groups in total. The van der Waals surface area contributed by atoms with Crippen molar-refractivity contribution in [2.75, 3.05) is 33.2 Å². The van der Waals surface area contributed by atoms with Gasteiger partial charge in [-0.3, -0.25) is 10.1 Å². The van der Waals surface area contributed by atoms with Crippen LogP contribution in [0, 0.1) is 6.92 Å². The Hall–Kier alpha value is -3.71.